The highest BCUT2D eigenvalue weighted by Gasteiger charge is 2.28. The zero-order valence-corrected chi connectivity index (χ0v) is 12.0. The number of hydrogen-bond donors (Lipinski definition) is 2. The van der Waals surface area contributed by atoms with Crippen LogP contribution in [0.1, 0.15) is 52.4 Å². The first-order valence-electron chi connectivity index (χ1n) is 6.96. The van der Waals surface area contributed by atoms with Gasteiger partial charge in [0.2, 0.25) is 11.8 Å². The molecule has 1 fully saturated rings. The number of ketones is 2. The fourth-order valence-corrected chi connectivity index (χ4v) is 2.44. The van der Waals surface area contributed by atoms with Crippen molar-refractivity contribution in [3.8, 4) is 0 Å². The predicted octanol–water partition coefficient (Wildman–Crippen LogP) is 0.488. The zero-order valence-electron chi connectivity index (χ0n) is 12.0. The summed E-state index contributed by atoms with van der Waals surface area (Å²) in [6, 6.07) is -0.321. The molecule has 2 amide bonds. The Hall–Kier alpha value is -1.72. The number of carbonyl (C=O) groups is 4. The molecule has 0 radical (unpaired) electrons. The van der Waals surface area contributed by atoms with Crippen LogP contribution in [0.2, 0.25) is 0 Å². The summed E-state index contributed by atoms with van der Waals surface area (Å²) in [5.74, 6) is -0.989. The maximum Gasteiger partial charge on any atom is 0.227 e. The molecule has 2 atom stereocenters. The Bertz CT molecular complexity index is 368. The van der Waals surface area contributed by atoms with Crippen LogP contribution in [-0.4, -0.2) is 35.5 Å². The van der Waals surface area contributed by atoms with E-state index in [1.165, 1.54) is 13.8 Å². The second-order valence-electron chi connectivity index (χ2n) is 5.39. The summed E-state index contributed by atoms with van der Waals surface area (Å²) in [6.45, 7) is 2.74. The van der Waals surface area contributed by atoms with Crippen molar-refractivity contribution in [3.63, 3.8) is 0 Å². The molecule has 20 heavy (non-hydrogen) atoms. The summed E-state index contributed by atoms with van der Waals surface area (Å²) >= 11 is 0. The smallest absolute Gasteiger partial charge is 0.227 e. The normalized spacial score (nSPS) is 21.9. The average Bonchev–Trinajstić information content (AvgIpc) is 2.29. The quantitative estimate of drug-likeness (QED) is 0.693. The first-order valence-corrected chi connectivity index (χ1v) is 6.96. The van der Waals surface area contributed by atoms with Crippen molar-refractivity contribution in [2.75, 3.05) is 0 Å². The number of carbonyl (C=O) groups excluding carboxylic acids is 4. The molecule has 1 saturated carbocycles. The Morgan fingerprint density at radius 2 is 1.15 bits per heavy atom. The zero-order chi connectivity index (χ0) is 15.1. The Morgan fingerprint density at radius 1 is 0.800 bits per heavy atom. The van der Waals surface area contributed by atoms with Crippen LogP contribution >= 0.6 is 0 Å². The summed E-state index contributed by atoms with van der Waals surface area (Å²) in [5, 5.41) is 5.60. The first-order chi connectivity index (χ1) is 9.38. The third-order valence-electron chi connectivity index (χ3n) is 3.28. The van der Waals surface area contributed by atoms with Gasteiger partial charge in [-0.25, -0.2) is 0 Å². The third-order valence-corrected chi connectivity index (χ3v) is 3.28. The van der Waals surface area contributed by atoms with Crippen LogP contribution in [0.3, 0.4) is 0 Å². The summed E-state index contributed by atoms with van der Waals surface area (Å²) in [5.41, 5.74) is 0. The lowest BCUT2D eigenvalue weighted by atomic mass is 9.90. The molecule has 0 aromatic rings. The van der Waals surface area contributed by atoms with E-state index in [1.54, 1.807) is 0 Å². The van der Waals surface area contributed by atoms with Gasteiger partial charge in [0.05, 0.1) is 12.8 Å². The van der Waals surface area contributed by atoms with E-state index >= 15 is 0 Å². The molecule has 0 spiro atoms. The molecule has 1 rings (SSSR count). The van der Waals surface area contributed by atoms with Crippen molar-refractivity contribution in [3.05, 3.63) is 0 Å². The lowest BCUT2D eigenvalue weighted by Gasteiger charge is -2.32. The molecule has 0 saturated heterocycles. The summed E-state index contributed by atoms with van der Waals surface area (Å²) < 4.78 is 0. The number of amides is 2. The fraction of sp³-hybridized carbons (Fsp3) is 0.714. The van der Waals surface area contributed by atoms with Gasteiger partial charge in [-0.2, -0.15) is 0 Å². The molecule has 1 aliphatic carbocycles. The maximum absolute atomic E-state index is 11.6. The summed E-state index contributed by atoms with van der Waals surface area (Å²) in [7, 11) is 0. The van der Waals surface area contributed by atoms with E-state index < -0.39 is 0 Å². The van der Waals surface area contributed by atoms with Gasteiger partial charge in [0.15, 0.2) is 0 Å². The molecule has 0 bridgehead atoms. The van der Waals surface area contributed by atoms with Crippen molar-refractivity contribution in [2.24, 2.45) is 0 Å². The molecule has 112 valence electrons. The first kappa shape index (κ1) is 16.3. The molecule has 0 heterocycles. The van der Waals surface area contributed by atoms with Gasteiger partial charge in [0.1, 0.15) is 11.6 Å². The monoisotopic (exact) mass is 282 g/mol. The molecular weight excluding hydrogens is 260 g/mol. The van der Waals surface area contributed by atoms with Crippen LogP contribution in [0, 0.1) is 0 Å². The minimum Gasteiger partial charge on any atom is -0.351 e. The molecule has 2 N–H and O–H groups in total. The van der Waals surface area contributed by atoms with E-state index in [2.05, 4.69) is 10.6 Å². The Labute approximate surface area is 118 Å². The third kappa shape index (κ3) is 5.95. The highest BCUT2D eigenvalue weighted by Crippen LogP contribution is 2.19. The minimum atomic E-state index is -0.310. The maximum atomic E-state index is 11.6. The van der Waals surface area contributed by atoms with Crippen molar-refractivity contribution in [2.45, 2.75) is 64.5 Å². The summed E-state index contributed by atoms with van der Waals surface area (Å²) in [4.78, 5) is 45.1. The van der Waals surface area contributed by atoms with E-state index in [0.717, 1.165) is 25.7 Å². The highest BCUT2D eigenvalue weighted by atomic mass is 16.2. The van der Waals surface area contributed by atoms with E-state index in [4.69, 9.17) is 0 Å². The fourth-order valence-electron chi connectivity index (χ4n) is 2.44. The van der Waals surface area contributed by atoms with Gasteiger partial charge in [-0.15, -0.1) is 0 Å². The molecule has 6 heteroatoms. The van der Waals surface area contributed by atoms with Gasteiger partial charge < -0.3 is 10.6 Å². The Kier molecular flexibility index (Phi) is 6.35. The van der Waals surface area contributed by atoms with Gasteiger partial charge in [-0.05, 0) is 26.7 Å². The predicted molar refractivity (Wildman–Crippen MR) is 72.9 cm³/mol. The SMILES string of the molecule is CC(=O)CC(=O)NC1CCCCC1NC(=O)CC(C)=O. The average molecular weight is 282 g/mol. The minimum absolute atomic E-state index is 0.134. The van der Waals surface area contributed by atoms with E-state index in [0.29, 0.717) is 0 Å². The molecule has 1 aliphatic rings. The Balaban J connectivity index is 2.53. The van der Waals surface area contributed by atoms with Gasteiger partial charge in [-0.1, -0.05) is 12.8 Å². The number of hydrogen-bond acceptors (Lipinski definition) is 4. The molecular formula is C14H22N2O4. The number of Topliss-reactive ketones (excluding diaryl/α,β-unsaturated/α-hetero) is 2. The van der Waals surface area contributed by atoms with Crippen LogP contribution < -0.4 is 10.6 Å². The Morgan fingerprint density at radius 3 is 1.45 bits per heavy atom. The number of nitrogens with one attached hydrogen (secondary N) is 2. The topological polar surface area (TPSA) is 92.3 Å². The van der Waals surface area contributed by atoms with Crippen molar-refractivity contribution < 1.29 is 19.2 Å². The van der Waals surface area contributed by atoms with Crippen molar-refractivity contribution in [1.29, 1.82) is 0 Å². The second-order valence-corrected chi connectivity index (χ2v) is 5.39. The van der Waals surface area contributed by atoms with Gasteiger partial charge in [-0.3, -0.25) is 19.2 Å². The standard InChI is InChI=1S/C14H22N2O4/c1-9(17)7-13(19)15-11-5-3-4-6-12(11)16-14(20)8-10(2)18/h11-12H,3-8H2,1-2H3,(H,15,19)(H,16,20). The molecule has 0 aromatic heterocycles. The highest BCUT2D eigenvalue weighted by molar-refractivity contribution is 5.97. The van der Waals surface area contributed by atoms with Crippen molar-refractivity contribution >= 4 is 23.4 Å². The van der Waals surface area contributed by atoms with Crippen LogP contribution in [0.15, 0.2) is 0 Å². The molecule has 6 nitrogen and oxygen atoms in total. The van der Waals surface area contributed by atoms with E-state index in [-0.39, 0.29) is 48.3 Å². The molecule has 0 aliphatic heterocycles. The second kappa shape index (κ2) is 7.77. The molecule has 2 unspecified atom stereocenters. The summed E-state index contributed by atoms with van der Waals surface area (Å²) in [6.07, 6.45) is 3.23. The van der Waals surface area contributed by atoms with Crippen LogP contribution in [0.5, 0.6) is 0 Å². The van der Waals surface area contributed by atoms with Gasteiger partial charge in [0.25, 0.3) is 0 Å². The molecule has 0 aromatic carbocycles. The van der Waals surface area contributed by atoms with Gasteiger partial charge in [0, 0.05) is 12.1 Å². The van der Waals surface area contributed by atoms with E-state index in [9.17, 15) is 19.2 Å². The van der Waals surface area contributed by atoms with E-state index in [1.807, 2.05) is 0 Å². The van der Waals surface area contributed by atoms with Gasteiger partial charge >= 0.3 is 0 Å². The van der Waals surface area contributed by atoms with Crippen molar-refractivity contribution in [1.82, 2.24) is 10.6 Å². The van der Waals surface area contributed by atoms with Crippen LogP contribution in [0.25, 0.3) is 0 Å². The lowest BCUT2D eigenvalue weighted by molar-refractivity contribution is -0.130. The lowest BCUT2D eigenvalue weighted by Crippen LogP contribution is -2.53. The van der Waals surface area contributed by atoms with Crippen LogP contribution in [0.4, 0.5) is 0 Å². The van der Waals surface area contributed by atoms with Crippen LogP contribution in [-0.2, 0) is 19.2 Å². The number of rotatable bonds is 6. The largest absolute Gasteiger partial charge is 0.351 e.